The first-order valence-electron chi connectivity index (χ1n) is 8.65. The van der Waals surface area contributed by atoms with Crippen molar-refractivity contribution in [1.82, 2.24) is 4.98 Å². The Labute approximate surface area is 165 Å². The van der Waals surface area contributed by atoms with Crippen LogP contribution in [0.25, 0.3) is 10.9 Å². The molecule has 0 saturated carbocycles. The monoisotopic (exact) mass is 410 g/mol. The standard InChI is InChI=1S/C19H24ClN2O4P/c1-12(2)16(18(23)25-11-19(3,4)5)22-27(24)26-14-8-6-7-13-9-10-15(20)21-17(13)14/h6-10,12,16H,11H2,1-5H3. The van der Waals surface area contributed by atoms with Gasteiger partial charge in [0.05, 0.1) is 6.61 Å². The van der Waals surface area contributed by atoms with Gasteiger partial charge in [-0.3, -0.25) is 4.52 Å². The Morgan fingerprint density at radius 2 is 2.00 bits per heavy atom. The van der Waals surface area contributed by atoms with Gasteiger partial charge in [0.15, 0.2) is 6.04 Å². The summed E-state index contributed by atoms with van der Waals surface area (Å²) in [5, 5.41) is 1.10. The zero-order valence-electron chi connectivity index (χ0n) is 16.1. The lowest BCUT2D eigenvalue weighted by atomic mass is 9.98. The minimum absolute atomic E-state index is 0.163. The third-order valence-electron chi connectivity index (χ3n) is 3.56. The Kier molecular flexibility index (Phi) is 7.15. The number of carbonyl (C=O) groups is 1. The van der Waals surface area contributed by atoms with Crippen molar-refractivity contribution in [2.45, 2.75) is 40.7 Å². The van der Waals surface area contributed by atoms with Crippen LogP contribution in [-0.2, 0) is 9.53 Å². The molecular formula is C19H24ClN2O4P. The van der Waals surface area contributed by atoms with E-state index in [1.54, 1.807) is 24.3 Å². The number of pyridine rings is 1. The van der Waals surface area contributed by atoms with Crippen LogP contribution < -0.4 is 9.42 Å². The Morgan fingerprint density at radius 1 is 1.30 bits per heavy atom. The zero-order chi connectivity index (χ0) is 20.2. The van der Waals surface area contributed by atoms with E-state index in [4.69, 9.17) is 20.9 Å². The van der Waals surface area contributed by atoms with Crippen LogP contribution in [0.4, 0.5) is 0 Å². The maximum Gasteiger partial charge on any atom is 0.395 e. The Hall–Kier alpha value is -1.75. The number of carbonyl (C=O) groups excluding carboxylic acids is 1. The number of fused-ring (bicyclic) bond motifs is 1. The second-order valence-electron chi connectivity index (χ2n) is 7.76. The molecule has 2 rings (SSSR count). The molecule has 27 heavy (non-hydrogen) atoms. The summed E-state index contributed by atoms with van der Waals surface area (Å²) in [6.45, 7) is 9.77. The first-order valence-corrected chi connectivity index (χ1v) is 10.2. The molecule has 0 aliphatic rings. The average molecular weight is 411 g/mol. The molecule has 1 aromatic heterocycles. The molecular weight excluding hydrogens is 387 g/mol. The van der Waals surface area contributed by atoms with Crippen molar-refractivity contribution in [1.29, 1.82) is 0 Å². The van der Waals surface area contributed by atoms with Gasteiger partial charge in [0.25, 0.3) is 0 Å². The SMILES string of the molecule is CC(C)C(/N=[P+](\[O-])Oc1cccc2ccc(Cl)nc12)C(=O)OCC(C)(C)C. The van der Waals surface area contributed by atoms with Crippen molar-refractivity contribution in [3.8, 4) is 5.75 Å². The number of rotatable bonds is 6. The molecule has 0 aliphatic heterocycles. The number of nitrogens with zero attached hydrogens (tertiary/aromatic N) is 2. The van der Waals surface area contributed by atoms with E-state index in [0.717, 1.165) is 5.39 Å². The fourth-order valence-corrected chi connectivity index (χ4v) is 3.28. The molecule has 0 bridgehead atoms. The smallest absolute Gasteiger partial charge is 0.395 e. The van der Waals surface area contributed by atoms with Gasteiger partial charge in [-0.1, -0.05) is 63.1 Å². The largest absolute Gasteiger partial charge is 0.575 e. The van der Waals surface area contributed by atoms with Crippen LogP contribution in [0.3, 0.4) is 0 Å². The summed E-state index contributed by atoms with van der Waals surface area (Å²) in [7, 11) is -2.49. The minimum Gasteiger partial charge on any atom is -0.575 e. The van der Waals surface area contributed by atoms with E-state index in [1.165, 1.54) is 0 Å². The van der Waals surface area contributed by atoms with Crippen molar-refractivity contribution in [2.24, 2.45) is 16.1 Å². The van der Waals surface area contributed by atoms with Crippen LogP contribution in [-0.4, -0.2) is 23.6 Å². The molecule has 0 aliphatic carbocycles. The van der Waals surface area contributed by atoms with Gasteiger partial charge in [0.1, 0.15) is 10.7 Å². The summed E-state index contributed by atoms with van der Waals surface area (Å²) in [4.78, 5) is 29.0. The molecule has 0 radical (unpaired) electrons. The van der Waals surface area contributed by atoms with Crippen molar-refractivity contribution in [3.63, 3.8) is 0 Å². The van der Waals surface area contributed by atoms with Gasteiger partial charge >= 0.3 is 14.1 Å². The number of aromatic nitrogens is 1. The lowest BCUT2D eigenvalue weighted by molar-refractivity contribution is -0.170. The lowest BCUT2D eigenvalue weighted by Gasteiger charge is -2.20. The first-order chi connectivity index (χ1) is 12.6. The highest BCUT2D eigenvalue weighted by Gasteiger charge is 2.29. The summed E-state index contributed by atoms with van der Waals surface area (Å²) in [5.41, 5.74) is 0.323. The van der Waals surface area contributed by atoms with Crippen LogP contribution in [0.5, 0.6) is 5.75 Å². The van der Waals surface area contributed by atoms with Gasteiger partial charge in [0.2, 0.25) is 5.75 Å². The normalized spacial score (nSPS) is 13.7. The number of hydrogen-bond donors (Lipinski definition) is 0. The molecule has 2 unspecified atom stereocenters. The molecule has 0 spiro atoms. The Bertz CT molecular complexity index is 849. The number of para-hydroxylation sites is 1. The predicted molar refractivity (Wildman–Crippen MR) is 106 cm³/mol. The molecule has 1 aromatic carbocycles. The molecule has 146 valence electrons. The van der Waals surface area contributed by atoms with Gasteiger partial charge in [-0.05, 0) is 29.5 Å². The molecule has 0 N–H and O–H groups in total. The summed E-state index contributed by atoms with van der Waals surface area (Å²) < 4.78 is 14.8. The van der Waals surface area contributed by atoms with Crippen LogP contribution in [0.1, 0.15) is 34.6 Å². The Morgan fingerprint density at radius 3 is 2.63 bits per heavy atom. The second-order valence-corrected chi connectivity index (χ2v) is 9.04. The van der Waals surface area contributed by atoms with Gasteiger partial charge in [-0.15, -0.1) is 0 Å². The third-order valence-corrected chi connectivity index (χ3v) is 4.57. The molecule has 0 amide bonds. The zero-order valence-corrected chi connectivity index (χ0v) is 17.8. The van der Waals surface area contributed by atoms with Crippen molar-refractivity contribution in [3.05, 3.63) is 35.5 Å². The number of hydrogen-bond acceptors (Lipinski definition) is 6. The lowest BCUT2D eigenvalue weighted by Crippen LogP contribution is -2.30. The fraction of sp³-hybridized carbons (Fsp3) is 0.474. The minimum atomic E-state index is -2.49. The Balaban J connectivity index is 2.21. The van der Waals surface area contributed by atoms with Crippen LogP contribution >= 0.6 is 19.8 Å². The number of halogens is 1. The van der Waals surface area contributed by atoms with E-state index in [2.05, 4.69) is 9.73 Å². The van der Waals surface area contributed by atoms with E-state index in [0.29, 0.717) is 16.4 Å². The van der Waals surface area contributed by atoms with E-state index < -0.39 is 20.2 Å². The summed E-state index contributed by atoms with van der Waals surface area (Å²) in [6, 6.07) is 7.82. The topological polar surface area (TPSA) is 83.8 Å². The van der Waals surface area contributed by atoms with Gasteiger partial charge in [0, 0.05) is 5.39 Å². The number of ether oxygens (including phenoxy) is 1. The van der Waals surface area contributed by atoms with E-state index >= 15 is 0 Å². The molecule has 0 fully saturated rings. The molecule has 8 heteroatoms. The fourth-order valence-electron chi connectivity index (χ4n) is 2.20. The average Bonchev–Trinajstić information content (AvgIpc) is 2.57. The van der Waals surface area contributed by atoms with Gasteiger partial charge in [-0.25, -0.2) is 9.78 Å². The molecule has 6 nitrogen and oxygen atoms in total. The van der Waals surface area contributed by atoms with Crippen molar-refractivity contribution < 1.29 is 18.9 Å². The number of esters is 1. The van der Waals surface area contributed by atoms with Crippen LogP contribution in [0.2, 0.25) is 5.15 Å². The van der Waals surface area contributed by atoms with Gasteiger partial charge in [-0.2, -0.15) is 0 Å². The summed E-state index contributed by atoms with van der Waals surface area (Å²) in [5.74, 6) is -0.392. The molecule has 2 atom stereocenters. The highest BCUT2D eigenvalue weighted by molar-refractivity contribution is 7.34. The first kappa shape index (κ1) is 21.5. The van der Waals surface area contributed by atoms with Crippen molar-refractivity contribution in [2.75, 3.05) is 6.61 Å². The highest BCUT2D eigenvalue weighted by Crippen LogP contribution is 2.32. The summed E-state index contributed by atoms with van der Waals surface area (Å²) >= 11 is 5.94. The van der Waals surface area contributed by atoms with Gasteiger partial charge < -0.3 is 9.63 Å². The van der Waals surface area contributed by atoms with E-state index in [1.807, 2.05) is 40.7 Å². The quantitative estimate of drug-likeness (QED) is 0.390. The highest BCUT2D eigenvalue weighted by atomic mass is 35.5. The predicted octanol–water partition coefficient (Wildman–Crippen LogP) is 4.74. The van der Waals surface area contributed by atoms with Crippen molar-refractivity contribution >= 4 is 36.6 Å². The summed E-state index contributed by atoms with van der Waals surface area (Å²) in [6.07, 6.45) is 0. The van der Waals surface area contributed by atoms with Crippen LogP contribution in [0.15, 0.2) is 35.1 Å². The van der Waals surface area contributed by atoms with E-state index in [9.17, 15) is 9.69 Å². The number of benzene rings is 1. The maximum atomic E-state index is 12.5. The third kappa shape index (κ3) is 6.42. The molecule has 1 heterocycles. The maximum absolute atomic E-state index is 12.5. The second kappa shape index (κ2) is 8.96. The van der Waals surface area contributed by atoms with E-state index in [-0.39, 0.29) is 17.9 Å². The molecule has 0 saturated heterocycles. The van der Waals surface area contributed by atoms with Crippen LogP contribution in [0, 0.1) is 11.3 Å². The molecule has 2 aromatic rings.